The van der Waals surface area contributed by atoms with Crippen LogP contribution in [0.1, 0.15) is 37.8 Å². The van der Waals surface area contributed by atoms with Crippen LogP contribution in [0, 0.1) is 6.92 Å². The molecule has 2 aromatic carbocycles. The monoisotopic (exact) mass is 432 g/mol. The molecule has 2 rings (SSSR count). The van der Waals surface area contributed by atoms with Crippen LogP contribution in [0.3, 0.4) is 0 Å². The number of aryl methyl sites for hydroxylation is 1. The molecular weight excluding hydrogens is 400 g/mol. The van der Waals surface area contributed by atoms with Crippen molar-refractivity contribution in [3.8, 4) is 5.75 Å². The number of rotatable bonds is 11. The Balaban J connectivity index is 2.31. The van der Waals surface area contributed by atoms with Crippen LogP contribution in [0.25, 0.3) is 0 Å². The van der Waals surface area contributed by atoms with E-state index in [1.165, 1.54) is 11.4 Å². The highest BCUT2D eigenvalue weighted by molar-refractivity contribution is 7.89. The first-order valence-corrected chi connectivity index (χ1v) is 11.7. The molecule has 0 aromatic heterocycles. The van der Waals surface area contributed by atoms with Crippen molar-refractivity contribution in [3.05, 3.63) is 59.7 Å². The van der Waals surface area contributed by atoms with Gasteiger partial charge in [-0.1, -0.05) is 49.7 Å². The van der Waals surface area contributed by atoms with Gasteiger partial charge in [0.05, 0.1) is 13.7 Å². The quantitative estimate of drug-likeness (QED) is 0.589. The standard InChI is InChI=1S/C23H32N2O4S/c1-5-9-19(3)24-23(26)17-25(15-14-20-10-7-6-8-11-20)30(27,28)22-16-18(2)12-13-21(22)29-4/h6-8,10-13,16,19H,5,9,14-15,17H2,1-4H3,(H,24,26)/t19-/m1/s1. The average Bonchev–Trinajstić information content (AvgIpc) is 2.71. The highest BCUT2D eigenvalue weighted by Crippen LogP contribution is 2.28. The fraction of sp³-hybridized carbons (Fsp3) is 0.435. The lowest BCUT2D eigenvalue weighted by Gasteiger charge is -2.24. The van der Waals surface area contributed by atoms with E-state index in [0.717, 1.165) is 24.0 Å². The Morgan fingerprint density at radius 3 is 2.50 bits per heavy atom. The third-order valence-corrected chi connectivity index (χ3v) is 6.75. The van der Waals surface area contributed by atoms with Gasteiger partial charge in [-0.3, -0.25) is 4.79 Å². The molecule has 0 bridgehead atoms. The summed E-state index contributed by atoms with van der Waals surface area (Å²) in [7, 11) is -2.49. The summed E-state index contributed by atoms with van der Waals surface area (Å²) in [4.78, 5) is 12.7. The van der Waals surface area contributed by atoms with E-state index >= 15 is 0 Å². The van der Waals surface area contributed by atoms with Gasteiger partial charge in [-0.2, -0.15) is 4.31 Å². The summed E-state index contributed by atoms with van der Waals surface area (Å²) in [6.07, 6.45) is 2.29. The Kier molecular flexibility index (Phi) is 8.87. The number of hydrogen-bond donors (Lipinski definition) is 1. The van der Waals surface area contributed by atoms with Crippen molar-refractivity contribution in [2.75, 3.05) is 20.2 Å². The summed E-state index contributed by atoms with van der Waals surface area (Å²) in [6, 6.07) is 14.7. The molecule has 30 heavy (non-hydrogen) atoms. The number of ether oxygens (including phenoxy) is 1. The average molecular weight is 433 g/mol. The number of nitrogens with zero attached hydrogens (tertiary/aromatic N) is 1. The van der Waals surface area contributed by atoms with Crippen molar-refractivity contribution in [2.24, 2.45) is 0 Å². The minimum atomic E-state index is -3.93. The third kappa shape index (κ3) is 6.57. The summed E-state index contributed by atoms with van der Waals surface area (Å²) in [6.45, 7) is 5.75. The number of carbonyl (C=O) groups excluding carboxylic acids is 1. The molecule has 0 spiro atoms. The second-order valence-electron chi connectivity index (χ2n) is 7.49. The minimum absolute atomic E-state index is 0.00492. The molecule has 0 aliphatic rings. The molecule has 1 N–H and O–H groups in total. The van der Waals surface area contributed by atoms with Crippen molar-refractivity contribution < 1.29 is 17.9 Å². The van der Waals surface area contributed by atoms with Gasteiger partial charge in [0, 0.05) is 12.6 Å². The van der Waals surface area contributed by atoms with Gasteiger partial charge in [0.25, 0.3) is 0 Å². The zero-order valence-corrected chi connectivity index (χ0v) is 19.0. The van der Waals surface area contributed by atoms with Crippen molar-refractivity contribution >= 4 is 15.9 Å². The Morgan fingerprint density at radius 1 is 1.17 bits per heavy atom. The van der Waals surface area contributed by atoms with E-state index in [0.29, 0.717) is 6.42 Å². The van der Waals surface area contributed by atoms with E-state index in [9.17, 15) is 13.2 Å². The molecule has 0 aliphatic carbocycles. The largest absolute Gasteiger partial charge is 0.495 e. The number of benzene rings is 2. The van der Waals surface area contributed by atoms with E-state index in [2.05, 4.69) is 5.32 Å². The van der Waals surface area contributed by atoms with Crippen LogP contribution in [0.4, 0.5) is 0 Å². The van der Waals surface area contributed by atoms with Gasteiger partial charge < -0.3 is 10.1 Å². The first-order valence-electron chi connectivity index (χ1n) is 10.3. The lowest BCUT2D eigenvalue weighted by molar-refractivity contribution is -0.121. The topological polar surface area (TPSA) is 75.7 Å². The lowest BCUT2D eigenvalue weighted by Crippen LogP contribution is -2.44. The summed E-state index contributed by atoms with van der Waals surface area (Å²) in [5.74, 6) is -0.0377. The number of methoxy groups -OCH3 is 1. The molecule has 0 radical (unpaired) electrons. The maximum Gasteiger partial charge on any atom is 0.247 e. The fourth-order valence-electron chi connectivity index (χ4n) is 3.29. The minimum Gasteiger partial charge on any atom is -0.495 e. The third-order valence-electron chi connectivity index (χ3n) is 4.88. The summed E-state index contributed by atoms with van der Waals surface area (Å²) < 4.78 is 33.5. The molecule has 0 saturated carbocycles. The van der Waals surface area contributed by atoms with Crippen LogP contribution in [0.15, 0.2) is 53.4 Å². The van der Waals surface area contributed by atoms with E-state index in [4.69, 9.17) is 4.74 Å². The predicted octanol–water partition coefficient (Wildman–Crippen LogP) is 3.54. The van der Waals surface area contributed by atoms with E-state index in [1.807, 2.05) is 51.1 Å². The van der Waals surface area contributed by atoms with Crippen LogP contribution in [0.5, 0.6) is 5.75 Å². The predicted molar refractivity (Wildman–Crippen MR) is 119 cm³/mol. The number of sulfonamides is 1. The Morgan fingerprint density at radius 2 is 1.87 bits per heavy atom. The van der Waals surface area contributed by atoms with E-state index in [-0.39, 0.29) is 35.7 Å². The maximum atomic E-state index is 13.5. The van der Waals surface area contributed by atoms with E-state index < -0.39 is 10.0 Å². The van der Waals surface area contributed by atoms with Gasteiger partial charge in [0.1, 0.15) is 10.6 Å². The molecule has 0 unspecified atom stereocenters. The second kappa shape index (κ2) is 11.1. The smallest absolute Gasteiger partial charge is 0.247 e. The Hall–Kier alpha value is -2.38. The molecule has 1 atom stereocenters. The SMILES string of the molecule is CCC[C@@H](C)NC(=O)CN(CCc1ccccc1)S(=O)(=O)c1cc(C)ccc1OC. The van der Waals surface area contributed by atoms with Crippen molar-refractivity contribution in [1.29, 1.82) is 0 Å². The second-order valence-corrected chi connectivity index (χ2v) is 9.39. The van der Waals surface area contributed by atoms with Crippen LogP contribution < -0.4 is 10.1 Å². The normalized spacial score (nSPS) is 12.6. The molecule has 7 heteroatoms. The summed E-state index contributed by atoms with van der Waals surface area (Å²) in [5, 5.41) is 2.90. The van der Waals surface area contributed by atoms with Gasteiger partial charge in [-0.05, 0) is 49.9 Å². The number of nitrogens with one attached hydrogen (secondary N) is 1. The van der Waals surface area contributed by atoms with Gasteiger partial charge >= 0.3 is 0 Å². The van der Waals surface area contributed by atoms with Crippen LogP contribution in [-0.4, -0.2) is 44.9 Å². The number of amides is 1. The van der Waals surface area contributed by atoms with E-state index in [1.54, 1.807) is 18.2 Å². The van der Waals surface area contributed by atoms with Crippen LogP contribution in [-0.2, 0) is 21.2 Å². The highest BCUT2D eigenvalue weighted by atomic mass is 32.2. The molecule has 1 amide bonds. The molecule has 0 saturated heterocycles. The van der Waals surface area contributed by atoms with Crippen LogP contribution >= 0.6 is 0 Å². The molecule has 6 nitrogen and oxygen atoms in total. The van der Waals surface area contributed by atoms with Crippen LogP contribution in [0.2, 0.25) is 0 Å². The summed E-state index contributed by atoms with van der Waals surface area (Å²) >= 11 is 0. The zero-order chi connectivity index (χ0) is 22.1. The van der Waals surface area contributed by atoms with Gasteiger partial charge in [0.2, 0.25) is 15.9 Å². The zero-order valence-electron chi connectivity index (χ0n) is 18.2. The summed E-state index contributed by atoms with van der Waals surface area (Å²) in [5.41, 5.74) is 1.81. The van der Waals surface area contributed by atoms with Gasteiger partial charge in [-0.15, -0.1) is 0 Å². The molecule has 164 valence electrons. The number of carbonyl (C=O) groups is 1. The molecule has 0 aliphatic heterocycles. The van der Waals surface area contributed by atoms with Gasteiger partial charge in [0.15, 0.2) is 0 Å². The first kappa shape index (κ1) is 23.9. The van der Waals surface area contributed by atoms with Crippen molar-refractivity contribution in [1.82, 2.24) is 9.62 Å². The first-order chi connectivity index (χ1) is 14.3. The molecule has 2 aromatic rings. The molecular formula is C23H32N2O4S. The lowest BCUT2D eigenvalue weighted by atomic mass is 10.1. The fourth-order valence-corrected chi connectivity index (χ4v) is 4.93. The molecule has 0 fully saturated rings. The molecule has 0 heterocycles. The Labute approximate surface area is 180 Å². The Bertz CT molecular complexity index is 929. The van der Waals surface area contributed by atoms with Crippen molar-refractivity contribution in [3.63, 3.8) is 0 Å². The van der Waals surface area contributed by atoms with Crippen molar-refractivity contribution in [2.45, 2.75) is 51.0 Å². The highest BCUT2D eigenvalue weighted by Gasteiger charge is 2.29. The number of hydrogen-bond acceptors (Lipinski definition) is 4. The van der Waals surface area contributed by atoms with Gasteiger partial charge in [-0.25, -0.2) is 8.42 Å². The maximum absolute atomic E-state index is 13.5.